The van der Waals surface area contributed by atoms with Gasteiger partial charge in [0, 0.05) is 37.9 Å². The molecule has 0 aromatic carbocycles. The highest BCUT2D eigenvalue weighted by Crippen LogP contribution is 2.59. The van der Waals surface area contributed by atoms with Crippen LogP contribution in [0.1, 0.15) is 188 Å². The van der Waals surface area contributed by atoms with Crippen molar-refractivity contribution < 1.29 is 22.4 Å². The summed E-state index contributed by atoms with van der Waals surface area (Å²) in [6.07, 6.45) is 39.9. The Hall–Kier alpha value is 0.460. The van der Waals surface area contributed by atoms with Crippen LogP contribution in [0.25, 0.3) is 0 Å². The number of unbranched alkanes of at least 4 members (excludes halogenated alkanes) is 19. The Labute approximate surface area is 311 Å². The largest absolute Gasteiger partial charge is 0.368 e. The summed E-state index contributed by atoms with van der Waals surface area (Å²) in [6, 6.07) is 0. The van der Waals surface area contributed by atoms with Crippen molar-refractivity contribution in [2.45, 2.75) is 200 Å². The van der Waals surface area contributed by atoms with E-state index in [0.29, 0.717) is 6.61 Å². The van der Waals surface area contributed by atoms with Crippen LogP contribution in [0, 0.1) is 0 Å². The molecule has 0 radical (unpaired) electrons. The molecule has 0 aromatic rings. The standard InChI is InChI=1S/C41H89NO5S2/c1-9-12-15-18-21-30-37-44-40(43)33-26-24-28-35-42(4)36-29-25-27-34-41(45-38-31-22-19-16-13-10-2)46-49(7,8)47-48(5,6)39-32-23-20-17-14-11-3/h40-41,43H,9-39H2,1-8H3. The van der Waals surface area contributed by atoms with Crippen LogP contribution in [-0.2, 0) is 17.3 Å². The van der Waals surface area contributed by atoms with Gasteiger partial charge in [-0.3, -0.25) is 4.18 Å². The van der Waals surface area contributed by atoms with Crippen LogP contribution in [0.3, 0.4) is 0 Å². The zero-order valence-electron chi connectivity index (χ0n) is 34.4. The molecule has 0 saturated carbocycles. The first-order valence-corrected chi connectivity index (χ1v) is 25.8. The summed E-state index contributed by atoms with van der Waals surface area (Å²) < 4.78 is 25.4. The molecule has 1 N–H and O–H groups in total. The van der Waals surface area contributed by atoms with Crippen molar-refractivity contribution in [3.05, 3.63) is 0 Å². The van der Waals surface area contributed by atoms with Crippen LogP contribution in [0.15, 0.2) is 0 Å². The fourth-order valence-electron chi connectivity index (χ4n) is 6.28. The molecule has 300 valence electrons. The van der Waals surface area contributed by atoms with E-state index in [1.165, 1.54) is 122 Å². The van der Waals surface area contributed by atoms with Gasteiger partial charge in [0.25, 0.3) is 0 Å². The van der Waals surface area contributed by atoms with Crippen molar-refractivity contribution in [2.24, 2.45) is 0 Å². The Morgan fingerprint density at radius 2 is 0.939 bits per heavy atom. The number of hydrogen-bond donors (Lipinski definition) is 1. The molecular weight excluding hydrogens is 651 g/mol. The smallest absolute Gasteiger partial charge is 0.180 e. The molecule has 0 aliphatic rings. The molecule has 49 heavy (non-hydrogen) atoms. The summed E-state index contributed by atoms with van der Waals surface area (Å²) in [5, 5.41) is 10.1. The second kappa shape index (κ2) is 34.2. The molecule has 6 nitrogen and oxygen atoms in total. The Morgan fingerprint density at radius 3 is 1.47 bits per heavy atom. The van der Waals surface area contributed by atoms with E-state index in [4.69, 9.17) is 17.3 Å². The summed E-state index contributed by atoms with van der Waals surface area (Å²) in [6.45, 7) is 10.5. The minimum absolute atomic E-state index is 0.173. The van der Waals surface area contributed by atoms with E-state index in [1.807, 2.05) is 0 Å². The van der Waals surface area contributed by atoms with E-state index in [0.717, 1.165) is 70.4 Å². The summed E-state index contributed by atoms with van der Waals surface area (Å²) in [4.78, 5) is 2.46. The molecule has 8 heteroatoms. The molecular formula is C41H89NO5S2. The second-order valence-electron chi connectivity index (χ2n) is 15.4. The molecule has 0 rings (SSSR count). The Kier molecular flexibility index (Phi) is 34.6. The predicted molar refractivity (Wildman–Crippen MR) is 222 cm³/mol. The van der Waals surface area contributed by atoms with E-state index in [2.05, 4.69) is 57.7 Å². The van der Waals surface area contributed by atoms with Crippen molar-refractivity contribution in [3.8, 4) is 0 Å². The number of rotatable bonds is 39. The van der Waals surface area contributed by atoms with E-state index in [9.17, 15) is 5.11 Å². The number of nitrogens with zero attached hydrogens (tertiary/aromatic N) is 1. The van der Waals surface area contributed by atoms with E-state index in [-0.39, 0.29) is 6.29 Å². The van der Waals surface area contributed by atoms with Crippen LogP contribution in [-0.4, -0.2) is 86.7 Å². The number of hydrogen-bond acceptors (Lipinski definition) is 6. The first-order valence-electron chi connectivity index (χ1n) is 21.0. The van der Waals surface area contributed by atoms with Crippen molar-refractivity contribution >= 4 is 20.9 Å². The van der Waals surface area contributed by atoms with E-state index in [1.54, 1.807) is 0 Å². The van der Waals surface area contributed by atoms with Gasteiger partial charge < -0.3 is 19.5 Å². The average Bonchev–Trinajstić information content (AvgIpc) is 3.04. The van der Waals surface area contributed by atoms with Gasteiger partial charge in [0.15, 0.2) is 12.6 Å². The van der Waals surface area contributed by atoms with Crippen LogP contribution < -0.4 is 0 Å². The first kappa shape index (κ1) is 49.5. The fraction of sp³-hybridized carbons (Fsp3) is 1.00. The van der Waals surface area contributed by atoms with E-state index < -0.39 is 27.2 Å². The molecule has 0 saturated heterocycles. The third-order valence-corrected chi connectivity index (χ3v) is 14.0. The SMILES string of the molecule is CCCCCCCCOC(O)CCCCCN(C)CCCCCC(OCCCCCCCC)OS(C)(C)OS(C)(C)CCCCCCCC. The third kappa shape index (κ3) is 35.3. The maximum atomic E-state index is 10.1. The Morgan fingerprint density at radius 1 is 0.510 bits per heavy atom. The summed E-state index contributed by atoms with van der Waals surface area (Å²) in [7, 11) is -0.555. The van der Waals surface area contributed by atoms with Gasteiger partial charge in [0.1, 0.15) is 0 Å². The number of ether oxygens (including phenoxy) is 2. The molecule has 0 spiro atoms. The average molecular weight is 740 g/mol. The molecule has 0 bridgehead atoms. The number of aliphatic hydroxyl groups excluding tert-OH is 1. The molecule has 2 atom stereocenters. The zero-order chi connectivity index (χ0) is 36.5. The van der Waals surface area contributed by atoms with Crippen molar-refractivity contribution in [1.82, 2.24) is 4.90 Å². The highest BCUT2D eigenvalue weighted by atomic mass is 32.3. The molecule has 0 heterocycles. The van der Waals surface area contributed by atoms with Gasteiger partial charge in [0.05, 0.1) is 0 Å². The van der Waals surface area contributed by atoms with Gasteiger partial charge in [-0.05, 0) is 84.0 Å². The van der Waals surface area contributed by atoms with E-state index >= 15 is 0 Å². The Balaban J connectivity index is 4.36. The summed E-state index contributed by atoms with van der Waals surface area (Å²) >= 11 is 0. The third-order valence-electron chi connectivity index (χ3n) is 9.26. The van der Waals surface area contributed by atoms with Gasteiger partial charge in [-0.15, -0.1) is 10.3 Å². The molecule has 0 aromatic heterocycles. The summed E-state index contributed by atoms with van der Waals surface area (Å²) in [5.41, 5.74) is 0. The van der Waals surface area contributed by atoms with Gasteiger partial charge >= 0.3 is 0 Å². The first-order chi connectivity index (χ1) is 23.5. The Bertz CT molecular complexity index is 684. The van der Waals surface area contributed by atoms with Crippen molar-refractivity contribution in [2.75, 3.05) is 64.1 Å². The van der Waals surface area contributed by atoms with Gasteiger partial charge in [-0.25, -0.2) is 3.63 Å². The molecule has 0 aliphatic heterocycles. The van der Waals surface area contributed by atoms with Gasteiger partial charge in [-0.1, -0.05) is 130 Å². The summed E-state index contributed by atoms with van der Waals surface area (Å²) in [5.74, 6) is 1.16. The molecule has 2 unspecified atom stereocenters. The molecule has 0 amide bonds. The lowest BCUT2D eigenvalue weighted by molar-refractivity contribution is -0.105. The predicted octanol–water partition coefficient (Wildman–Crippen LogP) is 12.7. The lowest BCUT2D eigenvalue weighted by atomic mass is 10.1. The second-order valence-corrected chi connectivity index (χ2v) is 21.7. The van der Waals surface area contributed by atoms with Crippen LogP contribution in [0.5, 0.6) is 0 Å². The maximum Gasteiger partial charge on any atom is 0.180 e. The highest BCUT2D eigenvalue weighted by Gasteiger charge is 2.24. The molecule has 0 aliphatic carbocycles. The van der Waals surface area contributed by atoms with Crippen LogP contribution >= 0.6 is 20.9 Å². The van der Waals surface area contributed by atoms with Crippen LogP contribution in [0.4, 0.5) is 0 Å². The lowest BCUT2D eigenvalue weighted by Crippen LogP contribution is -2.23. The topological polar surface area (TPSA) is 60.4 Å². The van der Waals surface area contributed by atoms with Crippen LogP contribution in [0.2, 0.25) is 0 Å². The van der Waals surface area contributed by atoms with Gasteiger partial charge in [0.2, 0.25) is 0 Å². The van der Waals surface area contributed by atoms with Gasteiger partial charge in [-0.2, -0.15) is 10.6 Å². The minimum atomic E-state index is -1.65. The zero-order valence-corrected chi connectivity index (χ0v) is 36.1. The van der Waals surface area contributed by atoms with Crippen molar-refractivity contribution in [1.29, 1.82) is 0 Å². The lowest BCUT2D eigenvalue weighted by Gasteiger charge is -2.46. The highest BCUT2D eigenvalue weighted by molar-refractivity contribution is 8.39. The number of aliphatic hydroxyl groups is 1. The molecule has 0 fully saturated rings. The van der Waals surface area contributed by atoms with Crippen molar-refractivity contribution in [3.63, 3.8) is 0 Å². The quantitative estimate of drug-likeness (QED) is 0.0500. The fourth-order valence-corrected chi connectivity index (χ4v) is 11.8. The monoisotopic (exact) mass is 740 g/mol. The normalized spacial score (nSPS) is 14.5. The minimum Gasteiger partial charge on any atom is -0.368 e. The maximum absolute atomic E-state index is 10.1.